The Balaban J connectivity index is 1.95. The molecule has 0 aliphatic heterocycles. The second-order valence-corrected chi connectivity index (χ2v) is 7.04. The second-order valence-electron chi connectivity index (χ2n) is 4.77. The Morgan fingerprint density at radius 3 is 2.59 bits per heavy atom. The summed E-state index contributed by atoms with van der Waals surface area (Å²) in [5.74, 6) is 0. The molecule has 0 amide bonds. The summed E-state index contributed by atoms with van der Waals surface area (Å²) < 4.78 is 23.2. The van der Waals surface area contributed by atoms with Gasteiger partial charge in [-0.1, -0.05) is 36.8 Å². The lowest BCUT2D eigenvalue weighted by atomic mass is 10.2. The van der Waals surface area contributed by atoms with Crippen molar-refractivity contribution in [1.29, 1.82) is 0 Å². The third kappa shape index (κ3) is 3.30. The minimum atomic E-state index is -2.92. The van der Waals surface area contributed by atoms with Gasteiger partial charge in [0.05, 0.1) is 5.25 Å². The number of hydrogen-bond donors (Lipinski definition) is 1. The predicted octanol–water partition coefficient (Wildman–Crippen LogP) is 1.74. The van der Waals surface area contributed by atoms with Gasteiger partial charge in [0, 0.05) is 18.8 Å². The van der Waals surface area contributed by atoms with E-state index in [1.54, 1.807) is 0 Å². The van der Waals surface area contributed by atoms with Crippen LogP contribution in [0, 0.1) is 0 Å². The summed E-state index contributed by atoms with van der Waals surface area (Å²) in [6, 6.07) is 10.2. The van der Waals surface area contributed by atoms with E-state index in [-0.39, 0.29) is 11.3 Å². The van der Waals surface area contributed by atoms with Crippen LogP contribution in [0.1, 0.15) is 24.8 Å². The van der Waals surface area contributed by atoms with E-state index in [9.17, 15) is 8.42 Å². The van der Waals surface area contributed by atoms with E-state index >= 15 is 0 Å². The molecule has 1 aromatic rings. The molecule has 2 atom stereocenters. The third-order valence-corrected chi connectivity index (χ3v) is 5.08. The molecule has 0 aromatic heterocycles. The van der Waals surface area contributed by atoms with Gasteiger partial charge < -0.3 is 5.32 Å². The molecule has 1 saturated carbocycles. The molecule has 1 aliphatic rings. The van der Waals surface area contributed by atoms with Crippen LogP contribution >= 0.6 is 0 Å². The highest BCUT2D eigenvalue weighted by molar-refractivity contribution is 7.91. The van der Waals surface area contributed by atoms with E-state index in [2.05, 4.69) is 17.4 Å². The molecule has 1 aromatic carbocycles. The Kier molecular flexibility index (Phi) is 3.84. The highest BCUT2D eigenvalue weighted by Crippen LogP contribution is 2.25. The first-order valence-electron chi connectivity index (χ1n) is 6.03. The van der Waals surface area contributed by atoms with Crippen molar-refractivity contribution in [3.8, 4) is 0 Å². The molecule has 0 heterocycles. The number of hydrogen-bond acceptors (Lipinski definition) is 3. The number of rotatable bonds is 4. The summed E-state index contributed by atoms with van der Waals surface area (Å²) in [4.78, 5) is 0. The van der Waals surface area contributed by atoms with Crippen molar-refractivity contribution < 1.29 is 8.42 Å². The average molecular weight is 253 g/mol. The topological polar surface area (TPSA) is 46.2 Å². The molecular weight excluding hydrogens is 234 g/mol. The van der Waals surface area contributed by atoms with Gasteiger partial charge in [0.15, 0.2) is 9.84 Å². The standard InChI is InChI=1S/C13H19NO2S/c1-17(15,16)13-9-5-8-12(13)14-10-11-6-3-2-4-7-11/h2-4,6-7,12-14H,5,8-10H2,1H3. The molecule has 17 heavy (non-hydrogen) atoms. The maximum atomic E-state index is 11.6. The SMILES string of the molecule is CS(=O)(=O)C1CCCC1NCc1ccccc1. The first kappa shape index (κ1) is 12.6. The zero-order valence-electron chi connectivity index (χ0n) is 10.1. The van der Waals surface area contributed by atoms with Gasteiger partial charge in [-0.3, -0.25) is 0 Å². The Morgan fingerprint density at radius 2 is 1.94 bits per heavy atom. The van der Waals surface area contributed by atoms with Crippen molar-refractivity contribution in [3.63, 3.8) is 0 Å². The Hall–Kier alpha value is -0.870. The zero-order valence-corrected chi connectivity index (χ0v) is 10.9. The van der Waals surface area contributed by atoms with Gasteiger partial charge in [0.25, 0.3) is 0 Å². The minimum Gasteiger partial charge on any atom is -0.309 e. The molecule has 0 radical (unpaired) electrons. The van der Waals surface area contributed by atoms with E-state index in [1.807, 2.05) is 18.2 Å². The lowest BCUT2D eigenvalue weighted by Gasteiger charge is -2.19. The van der Waals surface area contributed by atoms with Crippen molar-refractivity contribution in [3.05, 3.63) is 35.9 Å². The van der Waals surface area contributed by atoms with Crippen LogP contribution in [0.15, 0.2) is 30.3 Å². The number of sulfone groups is 1. The molecule has 2 unspecified atom stereocenters. The van der Waals surface area contributed by atoms with Crippen LogP contribution < -0.4 is 5.32 Å². The Labute approximate surface area is 103 Å². The monoisotopic (exact) mass is 253 g/mol. The molecule has 1 fully saturated rings. The molecule has 0 spiro atoms. The molecule has 1 aliphatic carbocycles. The Morgan fingerprint density at radius 1 is 1.24 bits per heavy atom. The summed E-state index contributed by atoms with van der Waals surface area (Å²) in [5.41, 5.74) is 1.20. The number of nitrogens with one attached hydrogen (secondary N) is 1. The Bertz CT molecular complexity index is 456. The van der Waals surface area contributed by atoms with Crippen molar-refractivity contribution >= 4 is 9.84 Å². The number of benzene rings is 1. The molecule has 0 saturated heterocycles. The lowest BCUT2D eigenvalue weighted by molar-refractivity contribution is 0.507. The van der Waals surface area contributed by atoms with Gasteiger partial charge in [-0.25, -0.2) is 8.42 Å². The van der Waals surface area contributed by atoms with E-state index in [0.717, 1.165) is 25.8 Å². The summed E-state index contributed by atoms with van der Waals surface area (Å²) in [6.07, 6.45) is 4.11. The van der Waals surface area contributed by atoms with Gasteiger partial charge in [0.1, 0.15) is 0 Å². The lowest BCUT2D eigenvalue weighted by Crippen LogP contribution is -2.39. The molecule has 4 heteroatoms. The molecule has 2 rings (SSSR count). The normalized spacial score (nSPS) is 25.0. The van der Waals surface area contributed by atoms with E-state index in [0.29, 0.717) is 0 Å². The van der Waals surface area contributed by atoms with Crippen LogP contribution in [-0.2, 0) is 16.4 Å². The highest BCUT2D eigenvalue weighted by Gasteiger charge is 2.34. The minimum absolute atomic E-state index is 0.116. The van der Waals surface area contributed by atoms with Crippen LogP contribution in [0.5, 0.6) is 0 Å². The van der Waals surface area contributed by atoms with Gasteiger partial charge in [-0.05, 0) is 18.4 Å². The molecule has 0 bridgehead atoms. The van der Waals surface area contributed by atoms with E-state index in [1.165, 1.54) is 11.8 Å². The van der Waals surface area contributed by atoms with Gasteiger partial charge in [-0.2, -0.15) is 0 Å². The van der Waals surface area contributed by atoms with Crippen molar-refractivity contribution in [2.75, 3.05) is 6.26 Å². The van der Waals surface area contributed by atoms with E-state index in [4.69, 9.17) is 0 Å². The molecule has 94 valence electrons. The first-order valence-corrected chi connectivity index (χ1v) is 7.99. The van der Waals surface area contributed by atoms with Gasteiger partial charge in [0.2, 0.25) is 0 Å². The predicted molar refractivity (Wildman–Crippen MR) is 69.6 cm³/mol. The highest BCUT2D eigenvalue weighted by atomic mass is 32.2. The van der Waals surface area contributed by atoms with Crippen molar-refractivity contribution in [2.45, 2.75) is 37.1 Å². The maximum absolute atomic E-state index is 11.6. The van der Waals surface area contributed by atoms with Crippen LogP contribution in [-0.4, -0.2) is 26.0 Å². The molecular formula is C13H19NO2S. The van der Waals surface area contributed by atoms with Crippen LogP contribution in [0.2, 0.25) is 0 Å². The third-order valence-electron chi connectivity index (χ3n) is 3.41. The van der Waals surface area contributed by atoms with Gasteiger partial charge >= 0.3 is 0 Å². The van der Waals surface area contributed by atoms with E-state index < -0.39 is 9.84 Å². The van der Waals surface area contributed by atoms with Gasteiger partial charge in [-0.15, -0.1) is 0 Å². The summed E-state index contributed by atoms with van der Waals surface area (Å²) in [5, 5.41) is 3.17. The summed E-state index contributed by atoms with van der Waals surface area (Å²) >= 11 is 0. The van der Waals surface area contributed by atoms with Crippen LogP contribution in [0.4, 0.5) is 0 Å². The summed E-state index contributed by atoms with van der Waals surface area (Å²) in [7, 11) is -2.92. The van der Waals surface area contributed by atoms with Crippen LogP contribution in [0.3, 0.4) is 0 Å². The quantitative estimate of drug-likeness (QED) is 0.889. The van der Waals surface area contributed by atoms with Crippen molar-refractivity contribution in [2.24, 2.45) is 0 Å². The summed E-state index contributed by atoms with van der Waals surface area (Å²) in [6.45, 7) is 0.748. The zero-order chi connectivity index (χ0) is 12.3. The maximum Gasteiger partial charge on any atom is 0.151 e. The fourth-order valence-electron chi connectivity index (χ4n) is 2.52. The molecule has 3 nitrogen and oxygen atoms in total. The molecule has 1 N–H and O–H groups in total. The fraction of sp³-hybridized carbons (Fsp3) is 0.538. The van der Waals surface area contributed by atoms with Crippen LogP contribution in [0.25, 0.3) is 0 Å². The second kappa shape index (κ2) is 5.19. The fourth-order valence-corrected chi connectivity index (χ4v) is 3.94. The van der Waals surface area contributed by atoms with Crippen molar-refractivity contribution in [1.82, 2.24) is 5.32 Å². The largest absolute Gasteiger partial charge is 0.309 e. The average Bonchev–Trinajstić information content (AvgIpc) is 2.75. The smallest absolute Gasteiger partial charge is 0.151 e. The first-order chi connectivity index (χ1) is 8.07.